The third-order valence-electron chi connectivity index (χ3n) is 8.64. The number of esters is 2. The van der Waals surface area contributed by atoms with Gasteiger partial charge in [-0.15, -0.1) is 0 Å². The number of aliphatic hydroxyl groups is 2. The highest BCUT2D eigenvalue weighted by Crippen LogP contribution is 2.43. The molecule has 0 aliphatic carbocycles. The summed E-state index contributed by atoms with van der Waals surface area (Å²) < 4.78 is 47.6. The number of phosphoric ester groups is 2. The van der Waals surface area contributed by atoms with Crippen LogP contribution >= 0.6 is 15.6 Å². The van der Waals surface area contributed by atoms with Gasteiger partial charge < -0.3 is 34.4 Å². The molecule has 0 fully saturated rings. The van der Waals surface area contributed by atoms with Gasteiger partial charge >= 0.3 is 27.6 Å². The van der Waals surface area contributed by atoms with Gasteiger partial charge in [0.15, 0.2) is 6.10 Å². The zero-order valence-electron chi connectivity index (χ0n) is 39.1. The smallest absolute Gasteiger partial charge is 0.462 e. The molecule has 0 rings (SSSR count). The van der Waals surface area contributed by atoms with Crippen molar-refractivity contribution < 1.29 is 66.7 Å². The Morgan fingerprint density at radius 1 is 0.500 bits per heavy atom. The van der Waals surface area contributed by atoms with E-state index in [0.29, 0.717) is 6.42 Å². The van der Waals surface area contributed by atoms with Crippen LogP contribution in [0.1, 0.15) is 123 Å². The molecule has 5 N–H and O–H groups in total. The van der Waals surface area contributed by atoms with Gasteiger partial charge in [0, 0.05) is 12.8 Å². The van der Waals surface area contributed by atoms with E-state index >= 15 is 0 Å². The standard InChI is InChI=1S/C50H78O14P2/c1-3-5-7-9-11-13-15-17-19-21-22-23-25-27-29-31-33-35-37-39-50(54)64-48(45-63-66(58,59)62-43-47(52)42-61-65(55,56)57)44-60-49(53)41-40-46(51)38-36-34-32-30-28-26-24-20-18-16-14-12-10-8-6-4-2/h5-8,11-14,17-20,22-23,26-29,32,34,36,38,46-48,51-52H,3-4,9-10,15-16,21,24-25,30-31,33,35,37,39-45H2,1-2H3,(H,58,59)(H2,55,56,57)/b7-5-,8-6-,13-11-,14-12-,19-17-,20-18-,23-22-,28-26-,29-27-,34-32-,38-36-/t46?,47-,48+/m0/s1. The van der Waals surface area contributed by atoms with Gasteiger partial charge in [-0.25, -0.2) is 9.13 Å². The molecular formula is C50H78O14P2. The van der Waals surface area contributed by atoms with Crippen LogP contribution in [0.15, 0.2) is 134 Å². The van der Waals surface area contributed by atoms with Crippen molar-refractivity contribution in [3.63, 3.8) is 0 Å². The summed E-state index contributed by atoms with van der Waals surface area (Å²) in [6, 6.07) is 0. The van der Waals surface area contributed by atoms with E-state index in [4.69, 9.17) is 23.8 Å². The third-order valence-corrected chi connectivity index (χ3v) is 10.1. The second kappa shape index (κ2) is 43.8. The zero-order valence-corrected chi connectivity index (χ0v) is 40.9. The van der Waals surface area contributed by atoms with E-state index in [9.17, 15) is 33.8 Å². The molecule has 0 saturated carbocycles. The SMILES string of the molecule is CC/C=C\C/C=C\C/C=C\C/C=C\C/C=C\C=C/C(O)CCC(=O)OC[C@H](COP(=O)(O)OC[C@@H](O)COP(=O)(O)O)OC(=O)CCCCC/C=C\C/C=C\C/C=C\C/C=C\C/C=C\CC. The molecule has 0 saturated heterocycles. The van der Waals surface area contributed by atoms with Crippen LogP contribution in [0.25, 0.3) is 0 Å². The average molecular weight is 965 g/mol. The fraction of sp³-hybridized carbons (Fsp3) is 0.520. The number of unbranched alkanes of at least 4 members (excludes halogenated alkanes) is 3. The summed E-state index contributed by atoms with van der Waals surface area (Å²) in [5.41, 5.74) is 0. The second-order valence-electron chi connectivity index (χ2n) is 14.8. The van der Waals surface area contributed by atoms with Gasteiger partial charge in [-0.3, -0.25) is 23.2 Å². The van der Waals surface area contributed by atoms with E-state index in [-0.39, 0.29) is 19.3 Å². The minimum Gasteiger partial charge on any atom is -0.462 e. The van der Waals surface area contributed by atoms with Crippen LogP contribution in [-0.2, 0) is 41.8 Å². The molecule has 0 aromatic heterocycles. The average Bonchev–Trinajstić information content (AvgIpc) is 3.28. The molecule has 0 amide bonds. The Labute approximate surface area is 394 Å². The molecule has 0 aliphatic rings. The predicted molar refractivity (Wildman–Crippen MR) is 263 cm³/mol. The summed E-state index contributed by atoms with van der Waals surface area (Å²) >= 11 is 0. The van der Waals surface area contributed by atoms with Crippen molar-refractivity contribution in [1.29, 1.82) is 0 Å². The normalized spacial score (nSPS) is 15.6. The van der Waals surface area contributed by atoms with Crippen LogP contribution in [-0.4, -0.2) is 81.6 Å². The molecule has 16 heteroatoms. The summed E-state index contributed by atoms with van der Waals surface area (Å²) in [7, 11) is -9.79. The molecule has 0 bridgehead atoms. The number of carbonyl (C=O) groups excluding carboxylic acids is 2. The molecule has 4 atom stereocenters. The number of phosphoric acid groups is 2. The number of carbonyl (C=O) groups is 2. The lowest BCUT2D eigenvalue weighted by Gasteiger charge is -2.20. The molecule has 0 aromatic rings. The van der Waals surface area contributed by atoms with Crippen LogP contribution in [0, 0.1) is 0 Å². The molecule has 372 valence electrons. The fourth-order valence-electron chi connectivity index (χ4n) is 5.19. The molecule has 0 aliphatic heterocycles. The highest BCUT2D eigenvalue weighted by atomic mass is 31.2. The lowest BCUT2D eigenvalue weighted by atomic mass is 10.1. The summed E-state index contributed by atoms with van der Waals surface area (Å²) in [6.07, 6.45) is 53.4. The van der Waals surface area contributed by atoms with Crippen LogP contribution in [0.2, 0.25) is 0 Å². The van der Waals surface area contributed by atoms with Gasteiger partial charge in [0.1, 0.15) is 12.7 Å². The number of hydrogen-bond donors (Lipinski definition) is 5. The number of rotatable bonds is 41. The number of allylic oxidation sites excluding steroid dienone is 21. The van der Waals surface area contributed by atoms with E-state index in [1.54, 1.807) is 12.2 Å². The first kappa shape index (κ1) is 62.2. The van der Waals surface area contributed by atoms with E-state index < -0.39 is 72.3 Å². The van der Waals surface area contributed by atoms with Gasteiger partial charge in [-0.2, -0.15) is 0 Å². The Kier molecular flexibility index (Phi) is 41.3. The quantitative estimate of drug-likeness (QED) is 0.0127. The largest absolute Gasteiger partial charge is 0.472 e. The van der Waals surface area contributed by atoms with Crippen LogP contribution < -0.4 is 0 Å². The Hall–Kier alpha value is -3.78. The van der Waals surface area contributed by atoms with Gasteiger partial charge in [-0.1, -0.05) is 154 Å². The third kappa shape index (κ3) is 46.7. The highest BCUT2D eigenvalue weighted by Gasteiger charge is 2.28. The molecule has 14 nitrogen and oxygen atoms in total. The van der Waals surface area contributed by atoms with Crippen molar-refractivity contribution in [3.8, 4) is 0 Å². The van der Waals surface area contributed by atoms with E-state index in [1.807, 2.05) is 12.2 Å². The topological polar surface area (TPSA) is 216 Å². The van der Waals surface area contributed by atoms with E-state index in [2.05, 4.69) is 126 Å². The monoisotopic (exact) mass is 964 g/mol. The van der Waals surface area contributed by atoms with Crippen LogP contribution in [0.5, 0.6) is 0 Å². The fourth-order valence-corrected chi connectivity index (χ4v) is 6.34. The maximum Gasteiger partial charge on any atom is 0.472 e. The van der Waals surface area contributed by atoms with Gasteiger partial charge in [0.25, 0.3) is 0 Å². The highest BCUT2D eigenvalue weighted by molar-refractivity contribution is 7.47. The predicted octanol–water partition coefficient (Wildman–Crippen LogP) is 11.2. The summed E-state index contributed by atoms with van der Waals surface area (Å²) in [5.74, 6) is -1.37. The minimum atomic E-state index is -4.90. The number of hydrogen-bond acceptors (Lipinski definition) is 11. The first-order chi connectivity index (χ1) is 31.8. The van der Waals surface area contributed by atoms with Crippen molar-refractivity contribution in [2.45, 2.75) is 141 Å². The van der Waals surface area contributed by atoms with Gasteiger partial charge in [0.05, 0.1) is 25.9 Å². The molecule has 0 spiro atoms. The van der Waals surface area contributed by atoms with Crippen molar-refractivity contribution >= 4 is 27.6 Å². The Balaban J connectivity index is 4.80. The molecule has 0 aromatic carbocycles. The van der Waals surface area contributed by atoms with E-state index in [0.717, 1.165) is 83.5 Å². The van der Waals surface area contributed by atoms with Crippen LogP contribution in [0.4, 0.5) is 0 Å². The Bertz CT molecular complexity index is 1680. The Morgan fingerprint density at radius 2 is 0.955 bits per heavy atom. The Morgan fingerprint density at radius 3 is 1.45 bits per heavy atom. The first-order valence-electron chi connectivity index (χ1n) is 23.0. The van der Waals surface area contributed by atoms with E-state index in [1.165, 1.54) is 6.08 Å². The van der Waals surface area contributed by atoms with Crippen LogP contribution in [0.3, 0.4) is 0 Å². The number of ether oxygens (including phenoxy) is 2. The summed E-state index contributed by atoms with van der Waals surface area (Å²) in [5, 5.41) is 20.1. The van der Waals surface area contributed by atoms with Crippen molar-refractivity contribution in [3.05, 3.63) is 134 Å². The summed E-state index contributed by atoms with van der Waals surface area (Å²) in [4.78, 5) is 52.8. The summed E-state index contributed by atoms with van der Waals surface area (Å²) in [6.45, 7) is 1.20. The zero-order chi connectivity index (χ0) is 48.8. The van der Waals surface area contributed by atoms with Gasteiger partial charge in [-0.05, 0) is 89.9 Å². The first-order valence-corrected chi connectivity index (χ1v) is 26.0. The number of aliphatic hydroxyl groups excluding tert-OH is 2. The minimum absolute atomic E-state index is 0.0333. The molecule has 0 heterocycles. The molecule has 0 radical (unpaired) electrons. The second-order valence-corrected chi connectivity index (χ2v) is 17.5. The molecule has 2 unspecified atom stereocenters. The lowest BCUT2D eigenvalue weighted by molar-refractivity contribution is -0.161. The van der Waals surface area contributed by atoms with Crippen molar-refractivity contribution in [2.24, 2.45) is 0 Å². The molecule has 66 heavy (non-hydrogen) atoms. The maximum atomic E-state index is 12.7. The van der Waals surface area contributed by atoms with Gasteiger partial charge in [0.2, 0.25) is 0 Å². The van der Waals surface area contributed by atoms with Crippen molar-refractivity contribution in [2.75, 3.05) is 26.4 Å². The van der Waals surface area contributed by atoms with Crippen molar-refractivity contribution in [1.82, 2.24) is 0 Å². The molecular weight excluding hydrogens is 886 g/mol. The lowest BCUT2D eigenvalue weighted by Crippen LogP contribution is -2.30. The maximum absolute atomic E-state index is 12.7.